The van der Waals surface area contributed by atoms with Crippen LogP contribution in [0.5, 0.6) is 0 Å². The molecule has 0 radical (unpaired) electrons. The van der Waals surface area contributed by atoms with Gasteiger partial charge in [-0.05, 0) is 25.2 Å². The highest BCUT2D eigenvalue weighted by Crippen LogP contribution is 2.25. The van der Waals surface area contributed by atoms with Crippen LogP contribution in [0.15, 0.2) is 30.3 Å². The van der Waals surface area contributed by atoms with E-state index in [4.69, 9.17) is 5.41 Å². The van der Waals surface area contributed by atoms with E-state index in [1.807, 2.05) is 18.2 Å². The molecule has 0 aliphatic heterocycles. The summed E-state index contributed by atoms with van der Waals surface area (Å²) in [4.78, 5) is 2.35. The van der Waals surface area contributed by atoms with Gasteiger partial charge in [-0.2, -0.15) is 0 Å². The molecule has 1 aromatic carbocycles. The zero-order valence-corrected chi connectivity index (χ0v) is 12.2. The molecule has 0 atom stereocenters. The van der Waals surface area contributed by atoms with Crippen LogP contribution in [0, 0.1) is 11.3 Å². The molecule has 19 heavy (non-hydrogen) atoms. The van der Waals surface area contributed by atoms with Crippen LogP contribution in [0.3, 0.4) is 0 Å². The Balaban J connectivity index is 2.09. The fraction of sp³-hybridized carbons (Fsp3) is 0.588. The first-order valence-corrected chi connectivity index (χ1v) is 7.59. The maximum absolute atomic E-state index is 8.52. The average Bonchev–Trinajstić information content (AvgIpc) is 2.93. The quantitative estimate of drug-likeness (QED) is 0.618. The lowest BCUT2D eigenvalue weighted by atomic mass is 10.1. The predicted octanol–water partition coefficient (Wildman–Crippen LogP) is 4.30. The van der Waals surface area contributed by atoms with Crippen molar-refractivity contribution >= 4 is 5.84 Å². The lowest BCUT2D eigenvalue weighted by Gasteiger charge is -2.32. The molecule has 1 aromatic rings. The van der Waals surface area contributed by atoms with Crippen LogP contribution in [0.25, 0.3) is 0 Å². The molecule has 0 aromatic heterocycles. The number of nitrogens with one attached hydrogen (secondary N) is 1. The highest BCUT2D eigenvalue weighted by atomic mass is 15.2. The molecule has 2 heteroatoms. The van der Waals surface area contributed by atoms with Gasteiger partial charge in [-0.3, -0.25) is 5.41 Å². The summed E-state index contributed by atoms with van der Waals surface area (Å²) < 4.78 is 0. The van der Waals surface area contributed by atoms with Crippen LogP contribution in [0.4, 0.5) is 0 Å². The van der Waals surface area contributed by atoms with E-state index < -0.39 is 0 Å². The lowest BCUT2D eigenvalue weighted by Crippen LogP contribution is -2.40. The van der Waals surface area contributed by atoms with Gasteiger partial charge in [-0.15, -0.1) is 0 Å². The molecule has 0 amide bonds. The van der Waals surface area contributed by atoms with Gasteiger partial charge in [0.25, 0.3) is 0 Å². The molecule has 0 unspecified atom stereocenters. The monoisotopic (exact) mass is 258 g/mol. The van der Waals surface area contributed by atoms with Crippen molar-refractivity contribution in [3.05, 3.63) is 35.9 Å². The van der Waals surface area contributed by atoms with Crippen LogP contribution in [0.2, 0.25) is 0 Å². The highest BCUT2D eigenvalue weighted by molar-refractivity contribution is 5.96. The van der Waals surface area contributed by atoms with Crippen molar-refractivity contribution in [2.75, 3.05) is 6.54 Å². The first-order chi connectivity index (χ1) is 9.18. The molecule has 1 aliphatic rings. The van der Waals surface area contributed by atoms with Crippen LogP contribution in [-0.2, 0) is 0 Å². The minimum atomic E-state index is 0.589. The summed E-state index contributed by atoms with van der Waals surface area (Å²) in [7, 11) is 0. The number of rotatable bonds is 5. The zero-order chi connectivity index (χ0) is 13.7. The molecular weight excluding hydrogens is 232 g/mol. The molecule has 0 spiro atoms. The molecule has 0 bridgehead atoms. The summed E-state index contributed by atoms with van der Waals surface area (Å²) >= 11 is 0. The van der Waals surface area contributed by atoms with E-state index in [0.717, 1.165) is 12.1 Å². The Labute approximate surface area is 117 Å². The van der Waals surface area contributed by atoms with E-state index in [1.165, 1.54) is 32.1 Å². The van der Waals surface area contributed by atoms with E-state index >= 15 is 0 Å². The first-order valence-electron chi connectivity index (χ1n) is 7.59. The van der Waals surface area contributed by atoms with Gasteiger partial charge in [0.1, 0.15) is 5.84 Å². The molecule has 0 heterocycles. The summed E-state index contributed by atoms with van der Waals surface area (Å²) in [6.45, 7) is 5.55. The molecule has 2 nitrogen and oxygen atoms in total. The molecular formula is C17H26N2. The Morgan fingerprint density at radius 1 is 1.21 bits per heavy atom. The van der Waals surface area contributed by atoms with E-state index in [0.29, 0.717) is 17.8 Å². The Kier molecular flexibility index (Phi) is 5.00. The lowest BCUT2D eigenvalue weighted by molar-refractivity contribution is 0.295. The summed E-state index contributed by atoms with van der Waals surface area (Å²) in [6.07, 6.45) is 6.34. The Morgan fingerprint density at radius 3 is 2.42 bits per heavy atom. The highest BCUT2D eigenvalue weighted by Gasteiger charge is 2.25. The third-order valence-corrected chi connectivity index (χ3v) is 4.05. The third kappa shape index (κ3) is 3.82. The minimum Gasteiger partial charge on any atom is -0.354 e. The van der Waals surface area contributed by atoms with Gasteiger partial charge in [-0.1, -0.05) is 57.0 Å². The minimum absolute atomic E-state index is 0.589. The van der Waals surface area contributed by atoms with Gasteiger partial charge in [0.05, 0.1) is 0 Å². The summed E-state index contributed by atoms with van der Waals surface area (Å²) in [6, 6.07) is 10.8. The standard InChI is InChI=1S/C17H26N2/c1-14(2)12-13-19(16-10-6-7-11-16)17(18)15-8-4-3-5-9-15/h3-5,8-9,14,16,18H,6-7,10-13H2,1-2H3. The van der Waals surface area contributed by atoms with Gasteiger partial charge in [-0.25, -0.2) is 0 Å². The molecule has 1 saturated carbocycles. The van der Waals surface area contributed by atoms with Gasteiger partial charge in [0.15, 0.2) is 0 Å². The van der Waals surface area contributed by atoms with Gasteiger partial charge in [0, 0.05) is 18.2 Å². The maximum atomic E-state index is 8.52. The van der Waals surface area contributed by atoms with Crippen LogP contribution < -0.4 is 0 Å². The molecule has 104 valence electrons. The Hall–Kier alpha value is -1.31. The second kappa shape index (κ2) is 6.74. The number of benzene rings is 1. The van der Waals surface area contributed by atoms with E-state index in [-0.39, 0.29) is 0 Å². The molecule has 2 rings (SSSR count). The second-order valence-electron chi connectivity index (χ2n) is 6.03. The van der Waals surface area contributed by atoms with Gasteiger partial charge >= 0.3 is 0 Å². The van der Waals surface area contributed by atoms with Crippen molar-refractivity contribution in [1.82, 2.24) is 4.90 Å². The van der Waals surface area contributed by atoms with Crippen LogP contribution >= 0.6 is 0 Å². The molecule has 1 aliphatic carbocycles. The first kappa shape index (κ1) is 14.1. The molecule has 1 N–H and O–H groups in total. The SMILES string of the molecule is CC(C)CCN(C(=N)c1ccccc1)C1CCCC1. The fourth-order valence-corrected chi connectivity index (χ4v) is 2.85. The topological polar surface area (TPSA) is 27.1 Å². The van der Waals surface area contributed by atoms with Crippen LogP contribution in [0.1, 0.15) is 51.5 Å². The van der Waals surface area contributed by atoms with Crippen molar-refractivity contribution in [3.63, 3.8) is 0 Å². The number of hydrogen-bond acceptors (Lipinski definition) is 1. The van der Waals surface area contributed by atoms with Gasteiger partial charge in [0.2, 0.25) is 0 Å². The fourth-order valence-electron chi connectivity index (χ4n) is 2.85. The number of hydrogen-bond donors (Lipinski definition) is 1. The molecule has 0 saturated heterocycles. The van der Waals surface area contributed by atoms with Crippen molar-refractivity contribution < 1.29 is 0 Å². The predicted molar refractivity (Wildman–Crippen MR) is 81.7 cm³/mol. The zero-order valence-electron chi connectivity index (χ0n) is 12.2. The van der Waals surface area contributed by atoms with Crippen molar-refractivity contribution in [3.8, 4) is 0 Å². The van der Waals surface area contributed by atoms with E-state index in [1.54, 1.807) is 0 Å². The Morgan fingerprint density at radius 2 is 1.84 bits per heavy atom. The summed E-state index contributed by atoms with van der Waals surface area (Å²) in [5, 5.41) is 8.52. The van der Waals surface area contributed by atoms with Crippen LogP contribution in [-0.4, -0.2) is 23.3 Å². The van der Waals surface area contributed by atoms with E-state index in [9.17, 15) is 0 Å². The van der Waals surface area contributed by atoms with Crippen molar-refractivity contribution in [2.24, 2.45) is 5.92 Å². The van der Waals surface area contributed by atoms with Crippen molar-refractivity contribution in [1.29, 1.82) is 5.41 Å². The Bertz CT molecular complexity index is 391. The van der Waals surface area contributed by atoms with Gasteiger partial charge < -0.3 is 4.90 Å². The normalized spacial score (nSPS) is 15.9. The smallest absolute Gasteiger partial charge is 0.128 e. The average molecular weight is 258 g/mol. The largest absolute Gasteiger partial charge is 0.354 e. The number of nitrogens with zero attached hydrogens (tertiary/aromatic N) is 1. The molecule has 1 fully saturated rings. The third-order valence-electron chi connectivity index (χ3n) is 4.05. The van der Waals surface area contributed by atoms with Crippen molar-refractivity contribution in [2.45, 2.75) is 52.0 Å². The number of amidine groups is 1. The summed E-state index contributed by atoms with van der Waals surface area (Å²) in [5.41, 5.74) is 1.05. The maximum Gasteiger partial charge on any atom is 0.128 e. The van der Waals surface area contributed by atoms with E-state index in [2.05, 4.69) is 30.9 Å². The summed E-state index contributed by atoms with van der Waals surface area (Å²) in [5.74, 6) is 1.42. The second-order valence-corrected chi connectivity index (χ2v) is 6.03.